The summed E-state index contributed by atoms with van der Waals surface area (Å²) >= 11 is 0. The first-order valence-corrected chi connectivity index (χ1v) is 11.7. The lowest BCUT2D eigenvalue weighted by Crippen LogP contribution is -2.48. The van der Waals surface area contributed by atoms with Gasteiger partial charge in [0.2, 0.25) is 21.8 Å². The monoisotopic (exact) mass is 447 g/mol. The van der Waals surface area contributed by atoms with Crippen LogP contribution in [0.2, 0.25) is 0 Å². The van der Waals surface area contributed by atoms with E-state index in [0.29, 0.717) is 25.9 Å². The van der Waals surface area contributed by atoms with Crippen LogP contribution in [0.1, 0.15) is 24.8 Å². The molecular formula is C22H26FN3O4S. The van der Waals surface area contributed by atoms with Crippen molar-refractivity contribution in [2.24, 2.45) is 0 Å². The Bertz CT molecular complexity index is 1010. The minimum Gasteiger partial charge on any atom is -0.355 e. The molecule has 1 aliphatic rings. The second-order valence-electron chi connectivity index (χ2n) is 7.42. The molecule has 1 heterocycles. The highest BCUT2D eigenvalue weighted by Crippen LogP contribution is 2.15. The molecule has 166 valence electrons. The summed E-state index contributed by atoms with van der Waals surface area (Å²) < 4.78 is 41.8. The fraction of sp³-hybridized carbons (Fsp3) is 0.364. The van der Waals surface area contributed by atoms with Crippen molar-refractivity contribution < 1.29 is 22.4 Å². The second-order valence-corrected chi connectivity index (χ2v) is 9.11. The van der Waals surface area contributed by atoms with Gasteiger partial charge in [-0.2, -0.15) is 4.72 Å². The van der Waals surface area contributed by atoms with Gasteiger partial charge in [0, 0.05) is 26.1 Å². The number of hydrogen-bond acceptors (Lipinski definition) is 4. The number of nitrogens with zero attached hydrogens (tertiary/aromatic N) is 1. The van der Waals surface area contributed by atoms with Crippen molar-refractivity contribution in [2.45, 2.75) is 36.6 Å². The van der Waals surface area contributed by atoms with Crippen LogP contribution in [0.3, 0.4) is 0 Å². The van der Waals surface area contributed by atoms with Crippen molar-refractivity contribution in [1.82, 2.24) is 14.9 Å². The molecule has 7 nitrogen and oxygen atoms in total. The van der Waals surface area contributed by atoms with Crippen LogP contribution in [-0.4, -0.2) is 50.8 Å². The lowest BCUT2D eigenvalue weighted by molar-refractivity contribution is -0.127. The predicted molar refractivity (Wildman–Crippen MR) is 114 cm³/mol. The highest BCUT2D eigenvalue weighted by Gasteiger charge is 2.28. The summed E-state index contributed by atoms with van der Waals surface area (Å²) in [5, 5.41) is 2.73. The Morgan fingerprint density at radius 3 is 2.48 bits per heavy atom. The highest BCUT2D eigenvalue weighted by molar-refractivity contribution is 7.89. The molecule has 0 spiro atoms. The zero-order valence-corrected chi connectivity index (χ0v) is 17.9. The van der Waals surface area contributed by atoms with Gasteiger partial charge < -0.3 is 10.2 Å². The van der Waals surface area contributed by atoms with E-state index < -0.39 is 32.7 Å². The number of halogens is 1. The quantitative estimate of drug-likeness (QED) is 0.544. The van der Waals surface area contributed by atoms with Crippen LogP contribution in [0.4, 0.5) is 4.39 Å². The van der Waals surface area contributed by atoms with Gasteiger partial charge in [0.15, 0.2) is 0 Å². The van der Waals surface area contributed by atoms with Crippen molar-refractivity contribution in [3.63, 3.8) is 0 Å². The van der Waals surface area contributed by atoms with E-state index in [9.17, 15) is 22.4 Å². The molecule has 0 aliphatic carbocycles. The van der Waals surface area contributed by atoms with E-state index in [-0.39, 0.29) is 12.3 Å². The molecule has 1 atom stereocenters. The Balaban J connectivity index is 1.66. The molecule has 1 aliphatic heterocycles. The van der Waals surface area contributed by atoms with Crippen LogP contribution in [-0.2, 0) is 26.0 Å². The topological polar surface area (TPSA) is 95.6 Å². The highest BCUT2D eigenvalue weighted by atomic mass is 32.2. The van der Waals surface area contributed by atoms with Crippen molar-refractivity contribution in [2.75, 3.05) is 19.6 Å². The van der Waals surface area contributed by atoms with E-state index in [1.807, 2.05) is 6.07 Å². The van der Waals surface area contributed by atoms with Gasteiger partial charge >= 0.3 is 0 Å². The number of benzene rings is 2. The van der Waals surface area contributed by atoms with Gasteiger partial charge in [-0.1, -0.05) is 42.5 Å². The van der Waals surface area contributed by atoms with E-state index in [2.05, 4.69) is 10.0 Å². The Hall–Kier alpha value is -2.78. The molecule has 0 radical (unpaired) electrons. The van der Waals surface area contributed by atoms with E-state index in [0.717, 1.165) is 30.7 Å². The fourth-order valence-corrected chi connectivity index (χ4v) is 4.77. The van der Waals surface area contributed by atoms with Crippen LogP contribution in [0.25, 0.3) is 0 Å². The first-order chi connectivity index (χ1) is 14.9. The fourth-order valence-electron chi connectivity index (χ4n) is 3.50. The molecule has 1 saturated heterocycles. The third kappa shape index (κ3) is 6.35. The number of amides is 2. The average molecular weight is 448 g/mol. The molecule has 0 bridgehead atoms. The molecule has 1 unspecified atom stereocenters. The standard InChI is InChI=1S/C22H26FN3O4S/c23-18-10-4-5-11-20(18)31(29,30)25-19(16-17-8-2-1-3-9-17)22(28)24-13-7-15-26-14-6-12-21(26)27/h1-5,8-11,19,25H,6-7,12-16H2,(H,24,28). The Kier molecular flexibility index (Phi) is 7.75. The maximum Gasteiger partial charge on any atom is 0.244 e. The van der Waals surface area contributed by atoms with Gasteiger partial charge in [0.1, 0.15) is 16.8 Å². The summed E-state index contributed by atoms with van der Waals surface area (Å²) in [7, 11) is -4.24. The third-order valence-electron chi connectivity index (χ3n) is 5.10. The first-order valence-electron chi connectivity index (χ1n) is 10.2. The maximum absolute atomic E-state index is 14.0. The number of hydrogen-bond donors (Lipinski definition) is 2. The van der Waals surface area contributed by atoms with Crippen molar-refractivity contribution in [1.29, 1.82) is 0 Å². The minimum absolute atomic E-state index is 0.116. The Morgan fingerprint density at radius 2 is 1.81 bits per heavy atom. The van der Waals surface area contributed by atoms with Crippen molar-refractivity contribution >= 4 is 21.8 Å². The lowest BCUT2D eigenvalue weighted by atomic mass is 10.1. The molecule has 2 aromatic carbocycles. The predicted octanol–water partition coefficient (Wildman–Crippen LogP) is 1.84. The maximum atomic E-state index is 14.0. The summed E-state index contributed by atoms with van der Waals surface area (Å²) in [6, 6.07) is 12.9. The molecule has 9 heteroatoms. The van der Waals surface area contributed by atoms with Gasteiger partial charge in [-0.15, -0.1) is 0 Å². The molecular weight excluding hydrogens is 421 g/mol. The Labute approximate surface area is 181 Å². The van der Waals surface area contributed by atoms with E-state index in [1.165, 1.54) is 12.1 Å². The number of carbonyl (C=O) groups is 2. The molecule has 2 amide bonds. The lowest BCUT2D eigenvalue weighted by Gasteiger charge is -2.20. The van der Waals surface area contributed by atoms with Gasteiger partial charge in [-0.3, -0.25) is 9.59 Å². The molecule has 2 N–H and O–H groups in total. The summed E-state index contributed by atoms with van der Waals surface area (Å²) in [6.07, 6.45) is 2.09. The van der Waals surface area contributed by atoms with Gasteiger partial charge in [-0.25, -0.2) is 12.8 Å². The SMILES string of the molecule is O=C(NCCCN1CCCC1=O)C(Cc1ccccc1)NS(=O)(=O)c1ccccc1F. The van der Waals surface area contributed by atoms with Gasteiger partial charge in [-0.05, 0) is 37.0 Å². The number of rotatable bonds is 10. The minimum atomic E-state index is -4.24. The normalized spacial score (nSPS) is 15.1. The van der Waals surface area contributed by atoms with Gasteiger partial charge in [0.05, 0.1) is 0 Å². The smallest absolute Gasteiger partial charge is 0.244 e. The molecule has 0 aromatic heterocycles. The molecule has 0 saturated carbocycles. The summed E-state index contributed by atoms with van der Waals surface area (Å²) in [4.78, 5) is 25.7. The average Bonchev–Trinajstić information content (AvgIpc) is 3.16. The zero-order valence-electron chi connectivity index (χ0n) is 17.1. The van der Waals surface area contributed by atoms with Crippen molar-refractivity contribution in [3.8, 4) is 0 Å². The van der Waals surface area contributed by atoms with Crippen LogP contribution in [0.15, 0.2) is 59.5 Å². The first kappa shape index (κ1) is 22.9. The number of sulfonamides is 1. The van der Waals surface area contributed by atoms with Crippen molar-refractivity contribution in [3.05, 3.63) is 66.0 Å². The van der Waals surface area contributed by atoms with Gasteiger partial charge in [0.25, 0.3) is 0 Å². The summed E-state index contributed by atoms with van der Waals surface area (Å²) in [6.45, 7) is 1.57. The van der Waals surface area contributed by atoms with Crippen LogP contribution < -0.4 is 10.0 Å². The molecule has 31 heavy (non-hydrogen) atoms. The zero-order chi connectivity index (χ0) is 22.3. The van der Waals surface area contributed by atoms with E-state index in [4.69, 9.17) is 0 Å². The third-order valence-corrected chi connectivity index (χ3v) is 6.60. The number of nitrogens with one attached hydrogen (secondary N) is 2. The van der Waals surface area contributed by atoms with Crippen LogP contribution in [0, 0.1) is 5.82 Å². The molecule has 3 rings (SSSR count). The van der Waals surface area contributed by atoms with Crippen LogP contribution >= 0.6 is 0 Å². The summed E-state index contributed by atoms with van der Waals surface area (Å²) in [5.74, 6) is -1.27. The number of likely N-dealkylation sites (tertiary alicyclic amines) is 1. The van der Waals surface area contributed by atoms with E-state index >= 15 is 0 Å². The largest absolute Gasteiger partial charge is 0.355 e. The number of carbonyl (C=O) groups excluding carboxylic acids is 2. The summed E-state index contributed by atoms with van der Waals surface area (Å²) in [5.41, 5.74) is 0.765. The molecule has 1 fully saturated rings. The van der Waals surface area contributed by atoms with Crippen LogP contribution in [0.5, 0.6) is 0 Å². The molecule has 2 aromatic rings. The second kappa shape index (κ2) is 10.5. The van der Waals surface area contributed by atoms with E-state index in [1.54, 1.807) is 29.2 Å². The Morgan fingerprint density at radius 1 is 1.10 bits per heavy atom.